The quantitative estimate of drug-likeness (QED) is 0.740. The number of rotatable bonds is 2. The van der Waals surface area contributed by atoms with Gasteiger partial charge in [0.05, 0.1) is 0 Å². The molecule has 1 rings (SSSR count). The Morgan fingerprint density at radius 2 is 2.17 bits per heavy atom. The SMILES string of the molecule is CCc1csc(N)c1S(N)(=O)=O. The van der Waals surface area contributed by atoms with E-state index in [9.17, 15) is 8.42 Å². The van der Waals surface area contributed by atoms with E-state index in [4.69, 9.17) is 10.9 Å². The number of hydrogen-bond acceptors (Lipinski definition) is 4. The van der Waals surface area contributed by atoms with Gasteiger partial charge in [-0.25, -0.2) is 13.6 Å². The van der Waals surface area contributed by atoms with E-state index in [0.717, 1.165) is 0 Å². The highest BCUT2D eigenvalue weighted by Crippen LogP contribution is 2.28. The second kappa shape index (κ2) is 3.04. The van der Waals surface area contributed by atoms with Crippen LogP contribution in [0.25, 0.3) is 0 Å². The molecule has 0 aliphatic heterocycles. The number of primary sulfonamides is 1. The van der Waals surface area contributed by atoms with Crippen LogP contribution in [0.5, 0.6) is 0 Å². The molecule has 0 saturated heterocycles. The van der Waals surface area contributed by atoms with Gasteiger partial charge in [0.15, 0.2) is 0 Å². The first kappa shape index (κ1) is 9.50. The van der Waals surface area contributed by atoms with Crippen LogP contribution in [0.4, 0.5) is 5.00 Å². The zero-order valence-electron chi connectivity index (χ0n) is 6.57. The lowest BCUT2D eigenvalue weighted by Gasteiger charge is -1.98. The molecule has 0 bridgehead atoms. The molecule has 1 aromatic heterocycles. The summed E-state index contributed by atoms with van der Waals surface area (Å²) < 4.78 is 22.0. The van der Waals surface area contributed by atoms with Crippen LogP contribution in [0.1, 0.15) is 12.5 Å². The molecule has 0 saturated carbocycles. The molecule has 1 aromatic rings. The van der Waals surface area contributed by atoms with Crippen LogP contribution in [-0.2, 0) is 16.4 Å². The van der Waals surface area contributed by atoms with E-state index in [-0.39, 0.29) is 9.90 Å². The Kier molecular flexibility index (Phi) is 2.41. The minimum atomic E-state index is -3.65. The summed E-state index contributed by atoms with van der Waals surface area (Å²) in [6.45, 7) is 1.86. The Morgan fingerprint density at radius 3 is 2.50 bits per heavy atom. The molecule has 12 heavy (non-hydrogen) atoms. The molecule has 0 amide bonds. The van der Waals surface area contributed by atoms with Crippen molar-refractivity contribution in [1.82, 2.24) is 0 Å². The van der Waals surface area contributed by atoms with Crippen molar-refractivity contribution in [3.63, 3.8) is 0 Å². The lowest BCUT2D eigenvalue weighted by molar-refractivity contribution is 0.597. The first-order chi connectivity index (χ1) is 5.46. The standard InChI is InChI=1S/C6H10N2O2S2/c1-2-4-3-11-6(7)5(4)12(8,9)10/h3H,2,7H2,1H3,(H2,8,9,10). The van der Waals surface area contributed by atoms with Gasteiger partial charge in [-0.05, 0) is 17.4 Å². The van der Waals surface area contributed by atoms with Crippen molar-refractivity contribution in [3.05, 3.63) is 10.9 Å². The summed E-state index contributed by atoms with van der Waals surface area (Å²) in [5, 5.41) is 6.97. The molecule has 0 aliphatic carbocycles. The third-order valence-electron chi connectivity index (χ3n) is 1.51. The van der Waals surface area contributed by atoms with E-state index in [1.165, 1.54) is 11.3 Å². The fourth-order valence-electron chi connectivity index (χ4n) is 0.967. The smallest absolute Gasteiger partial charge is 0.241 e. The molecule has 0 aromatic carbocycles. The second-order valence-corrected chi connectivity index (χ2v) is 4.76. The third kappa shape index (κ3) is 1.60. The summed E-state index contributed by atoms with van der Waals surface area (Å²) in [6, 6.07) is 0. The fourth-order valence-corrected chi connectivity index (χ4v) is 3.18. The number of thiophene rings is 1. The van der Waals surface area contributed by atoms with Crippen LogP contribution < -0.4 is 10.9 Å². The van der Waals surface area contributed by atoms with Crippen molar-refractivity contribution in [2.45, 2.75) is 18.2 Å². The van der Waals surface area contributed by atoms with E-state index in [1.54, 1.807) is 5.38 Å². The van der Waals surface area contributed by atoms with E-state index < -0.39 is 10.0 Å². The van der Waals surface area contributed by atoms with Gasteiger partial charge in [0.25, 0.3) is 0 Å². The zero-order chi connectivity index (χ0) is 9.35. The highest BCUT2D eigenvalue weighted by molar-refractivity contribution is 7.89. The van der Waals surface area contributed by atoms with E-state index >= 15 is 0 Å². The lowest BCUT2D eigenvalue weighted by Crippen LogP contribution is -2.14. The van der Waals surface area contributed by atoms with Gasteiger partial charge in [-0.1, -0.05) is 6.92 Å². The molecule has 0 unspecified atom stereocenters. The van der Waals surface area contributed by atoms with Crippen LogP contribution in [0, 0.1) is 0 Å². The average Bonchev–Trinajstić information content (AvgIpc) is 2.29. The van der Waals surface area contributed by atoms with Crippen molar-refractivity contribution < 1.29 is 8.42 Å². The highest BCUT2D eigenvalue weighted by atomic mass is 32.2. The molecule has 68 valence electrons. The molecule has 6 heteroatoms. The van der Waals surface area contributed by atoms with Crippen molar-refractivity contribution >= 4 is 26.4 Å². The van der Waals surface area contributed by atoms with Crippen molar-refractivity contribution in [1.29, 1.82) is 0 Å². The van der Waals surface area contributed by atoms with Gasteiger partial charge in [0.2, 0.25) is 10.0 Å². The third-order valence-corrected chi connectivity index (χ3v) is 3.55. The Hall–Kier alpha value is -0.590. The van der Waals surface area contributed by atoms with Gasteiger partial charge in [0.1, 0.15) is 9.90 Å². The summed E-state index contributed by atoms with van der Waals surface area (Å²) in [7, 11) is -3.65. The first-order valence-electron chi connectivity index (χ1n) is 3.35. The summed E-state index contributed by atoms with van der Waals surface area (Å²) in [5.41, 5.74) is 6.16. The molecular weight excluding hydrogens is 196 g/mol. The van der Waals surface area contributed by atoms with Gasteiger partial charge < -0.3 is 5.73 Å². The van der Waals surface area contributed by atoms with Crippen LogP contribution in [0.2, 0.25) is 0 Å². The normalized spacial score (nSPS) is 11.8. The van der Waals surface area contributed by atoms with Crippen LogP contribution in [0.15, 0.2) is 10.3 Å². The summed E-state index contributed by atoms with van der Waals surface area (Å²) in [6.07, 6.45) is 0.624. The first-order valence-corrected chi connectivity index (χ1v) is 5.78. The maximum atomic E-state index is 11.0. The number of anilines is 1. The molecule has 0 spiro atoms. The fraction of sp³-hybridized carbons (Fsp3) is 0.333. The molecule has 1 heterocycles. The Bertz CT molecular complexity index is 380. The Labute approximate surface area is 75.2 Å². The van der Waals surface area contributed by atoms with Gasteiger partial charge in [-0.15, -0.1) is 11.3 Å². The monoisotopic (exact) mass is 206 g/mol. The second-order valence-electron chi connectivity index (χ2n) is 2.35. The van der Waals surface area contributed by atoms with Gasteiger partial charge in [0, 0.05) is 0 Å². The predicted octanol–water partition coefficient (Wildman–Crippen LogP) is 0.540. The van der Waals surface area contributed by atoms with E-state index in [2.05, 4.69) is 0 Å². The Morgan fingerprint density at radius 1 is 1.58 bits per heavy atom. The summed E-state index contributed by atoms with van der Waals surface area (Å²) >= 11 is 1.20. The molecule has 0 atom stereocenters. The average molecular weight is 206 g/mol. The number of sulfonamides is 1. The van der Waals surface area contributed by atoms with Crippen molar-refractivity contribution in [2.24, 2.45) is 5.14 Å². The van der Waals surface area contributed by atoms with Crippen LogP contribution >= 0.6 is 11.3 Å². The van der Waals surface area contributed by atoms with Crippen LogP contribution in [0.3, 0.4) is 0 Å². The highest BCUT2D eigenvalue weighted by Gasteiger charge is 2.18. The zero-order valence-corrected chi connectivity index (χ0v) is 8.21. The molecule has 0 aliphatic rings. The molecule has 4 nitrogen and oxygen atoms in total. The summed E-state index contributed by atoms with van der Waals surface area (Å²) in [5.74, 6) is 0. The minimum Gasteiger partial charge on any atom is -0.389 e. The van der Waals surface area contributed by atoms with E-state index in [1.807, 2.05) is 6.92 Å². The lowest BCUT2D eigenvalue weighted by atomic mass is 10.3. The van der Waals surface area contributed by atoms with Gasteiger partial charge in [-0.3, -0.25) is 0 Å². The molecule has 4 N–H and O–H groups in total. The maximum Gasteiger partial charge on any atom is 0.241 e. The topological polar surface area (TPSA) is 86.2 Å². The predicted molar refractivity (Wildman–Crippen MR) is 49.5 cm³/mol. The number of nitrogen functional groups attached to an aromatic ring is 1. The maximum absolute atomic E-state index is 11.0. The van der Waals surface area contributed by atoms with Gasteiger partial charge in [-0.2, -0.15) is 0 Å². The molecule has 0 fully saturated rings. The largest absolute Gasteiger partial charge is 0.389 e. The molecular formula is C6H10N2O2S2. The van der Waals surface area contributed by atoms with Crippen molar-refractivity contribution in [3.8, 4) is 0 Å². The molecule has 0 radical (unpaired) electrons. The van der Waals surface area contributed by atoms with Crippen LogP contribution in [-0.4, -0.2) is 8.42 Å². The Balaban J connectivity index is 3.39. The number of hydrogen-bond donors (Lipinski definition) is 2. The minimum absolute atomic E-state index is 0.0926. The number of nitrogens with two attached hydrogens (primary N) is 2. The van der Waals surface area contributed by atoms with Crippen molar-refractivity contribution in [2.75, 3.05) is 5.73 Å². The van der Waals surface area contributed by atoms with Gasteiger partial charge >= 0.3 is 0 Å². The summed E-state index contributed by atoms with van der Waals surface area (Å²) in [4.78, 5) is 0.0926. The number of aryl methyl sites for hydroxylation is 1. The van der Waals surface area contributed by atoms with E-state index in [0.29, 0.717) is 12.0 Å².